The minimum absolute atomic E-state index is 0.403. The first-order valence-corrected chi connectivity index (χ1v) is 4.52. The minimum atomic E-state index is 0.403. The number of nitrogens with one attached hydrogen (secondary N) is 1. The maximum Gasteiger partial charge on any atom is 0.0613 e. The highest BCUT2D eigenvalue weighted by molar-refractivity contribution is 4.77. The standard InChI is InChI=1S/C9H17N3O/c1-9(8-13-2)10-5-7-12-6-3-4-11-12/h3-4,6,9-10H,5,7-8H2,1-2H3. The molecule has 1 unspecified atom stereocenters. The van der Waals surface area contributed by atoms with Crippen molar-refractivity contribution in [3.63, 3.8) is 0 Å². The normalized spacial score (nSPS) is 13.1. The van der Waals surface area contributed by atoms with E-state index < -0.39 is 0 Å². The second-order valence-electron chi connectivity index (χ2n) is 3.08. The van der Waals surface area contributed by atoms with E-state index in [1.165, 1.54) is 0 Å². The number of hydrogen-bond donors (Lipinski definition) is 1. The third kappa shape index (κ3) is 4.05. The molecule has 0 aliphatic carbocycles. The zero-order valence-electron chi connectivity index (χ0n) is 8.23. The average Bonchev–Trinajstić information content (AvgIpc) is 2.57. The Morgan fingerprint density at radius 1 is 1.62 bits per heavy atom. The zero-order valence-corrected chi connectivity index (χ0v) is 8.23. The van der Waals surface area contributed by atoms with Crippen molar-refractivity contribution in [1.82, 2.24) is 15.1 Å². The van der Waals surface area contributed by atoms with Gasteiger partial charge in [0.25, 0.3) is 0 Å². The van der Waals surface area contributed by atoms with Gasteiger partial charge in [-0.2, -0.15) is 5.10 Å². The van der Waals surface area contributed by atoms with Crippen LogP contribution in [0.15, 0.2) is 18.5 Å². The van der Waals surface area contributed by atoms with Crippen molar-refractivity contribution in [3.8, 4) is 0 Å². The van der Waals surface area contributed by atoms with Gasteiger partial charge in [0.1, 0.15) is 0 Å². The fraction of sp³-hybridized carbons (Fsp3) is 0.667. The van der Waals surface area contributed by atoms with Crippen molar-refractivity contribution < 1.29 is 4.74 Å². The monoisotopic (exact) mass is 183 g/mol. The van der Waals surface area contributed by atoms with Crippen LogP contribution in [0, 0.1) is 0 Å². The van der Waals surface area contributed by atoms with Crippen molar-refractivity contribution >= 4 is 0 Å². The highest BCUT2D eigenvalue weighted by atomic mass is 16.5. The molecule has 4 heteroatoms. The van der Waals surface area contributed by atoms with E-state index in [4.69, 9.17) is 4.74 Å². The Bertz CT molecular complexity index is 211. The smallest absolute Gasteiger partial charge is 0.0613 e. The van der Waals surface area contributed by atoms with E-state index in [-0.39, 0.29) is 0 Å². The summed E-state index contributed by atoms with van der Waals surface area (Å²) in [5, 5.41) is 7.44. The lowest BCUT2D eigenvalue weighted by atomic mass is 10.3. The van der Waals surface area contributed by atoms with Crippen molar-refractivity contribution in [3.05, 3.63) is 18.5 Å². The van der Waals surface area contributed by atoms with Gasteiger partial charge in [0.2, 0.25) is 0 Å². The first-order valence-electron chi connectivity index (χ1n) is 4.52. The summed E-state index contributed by atoms with van der Waals surface area (Å²) >= 11 is 0. The van der Waals surface area contributed by atoms with Gasteiger partial charge in [0.15, 0.2) is 0 Å². The summed E-state index contributed by atoms with van der Waals surface area (Å²) in [6.45, 7) is 4.68. The largest absolute Gasteiger partial charge is 0.383 e. The average molecular weight is 183 g/mol. The van der Waals surface area contributed by atoms with E-state index in [0.29, 0.717) is 6.04 Å². The van der Waals surface area contributed by atoms with Crippen LogP contribution < -0.4 is 5.32 Å². The Hall–Kier alpha value is -0.870. The van der Waals surface area contributed by atoms with Gasteiger partial charge < -0.3 is 10.1 Å². The van der Waals surface area contributed by atoms with E-state index in [0.717, 1.165) is 19.7 Å². The SMILES string of the molecule is COCC(C)NCCn1cccn1. The van der Waals surface area contributed by atoms with Gasteiger partial charge in [0, 0.05) is 32.1 Å². The molecule has 1 aromatic rings. The summed E-state index contributed by atoms with van der Waals surface area (Å²) in [7, 11) is 1.71. The van der Waals surface area contributed by atoms with E-state index in [9.17, 15) is 0 Å². The predicted molar refractivity (Wildman–Crippen MR) is 51.6 cm³/mol. The molecule has 0 amide bonds. The van der Waals surface area contributed by atoms with Crippen LogP contribution in [0.2, 0.25) is 0 Å². The first-order chi connectivity index (χ1) is 6.33. The minimum Gasteiger partial charge on any atom is -0.383 e. The van der Waals surface area contributed by atoms with Crippen molar-refractivity contribution in [1.29, 1.82) is 0 Å². The molecule has 0 saturated carbocycles. The maximum atomic E-state index is 5.01. The second-order valence-corrected chi connectivity index (χ2v) is 3.08. The van der Waals surface area contributed by atoms with Crippen LogP contribution in [0.5, 0.6) is 0 Å². The van der Waals surface area contributed by atoms with Crippen LogP contribution in [0.4, 0.5) is 0 Å². The molecule has 1 heterocycles. The summed E-state index contributed by atoms with van der Waals surface area (Å²) in [6, 6.07) is 2.33. The van der Waals surface area contributed by atoms with Gasteiger partial charge in [-0.15, -0.1) is 0 Å². The number of ether oxygens (including phenoxy) is 1. The van der Waals surface area contributed by atoms with E-state index in [1.807, 2.05) is 16.9 Å². The predicted octanol–water partition coefficient (Wildman–Crippen LogP) is 0.508. The van der Waals surface area contributed by atoms with Crippen molar-refractivity contribution in [2.75, 3.05) is 20.3 Å². The van der Waals surface area contributed by atoms with Crippen molar-refractivity contribution in [2.24, 2.45) is 0 Å². The van der Waals surface area contributed by atoms with Gasteiger partial charge >= 0.3 is 0 Å². The summed E-state index contributed by atoms with van der Waals surface area (Å²) in [6.07, 6.45) is 3.75. The van der Waals surface area contributed by atoms with Crippen LogP contribution in [0.3, 0.4) is 0 Å². The quantitative estimate of drug-likeness (QED) is 0.698. The van der Waals surface area contributed by atoms with Crippen LogP contribution in [-0.2, 0) is 11.3 Å². The molecule has 13 heavy (non-hydrogen) atoms. The van der Waals surface area contributed by atoms with Gasteiger partial charge in [-0.25, -0.2) is 0 Å². The highest BCUT2D eigenvalue weighted by Gasteiger charge is 1.98. The molecule has 4 nitrogen and oxygen atoms in total. The van der Waals surface area contributed by atoms with Gasteiger partial charge in [-0.3, -0.25) is 4.68 Å². The molecule has 1 N–H and O–H groups in total. The van der Waals surface area contributed by atoms with Gasteiger partial charge in [-0.1, -0.05) is 0 Å². The number of methoxy groups -OCH3 is 1. The van der Waals surface area contributed by atoms with Gasteiger partial charge in [0.05, 0.1) is 13.2 Å². The molecular formula is C9H17N3O. The van der Waals surface area contributed by atoms with Crippen molar-refractivity contribution in [2.45, 2.75) is 19.5 Å². The molecule has 74 valence electrons. The molecule has 0 spiro atoms. The lowest BCUT2D eigenvalue weighted by molar-refractivity contribution is 0.171. The molecule has 0 aliphatic rings. The number of nitrogens with zero attached hydrogens (tertiary/aromatic N) is 2. The van der Waals surface area contributed by atoms with Crippen LogP contribution >= 0.6 is 0 Å². The number of rotatable bonds is 6. The Morgan fingerprint density at radius 2 is 2.46 bits per heavy atom. The fourth-order valence-corrected chi connectivity index (χ4v) is 1.17. The number of hydrogen-bond acceptors (Lipinski definition) is 3. The third-order valence-corrected chi connectivity index (χ3v) is 1.81. The molecular weight excluding hydrogens is 166 g/mol. The van der Waals surface area contributed by atoms with Crippen LogP contribution in [0.25, 0.3) is 0 Å². The summed E-state index contributed by atoms with van der Waals surface area (Å²) in [5.41, 5.74) is 0. The van der Waals surface area contributed by atoms with Crippen LogP contribution in [0.1, 0.15) is 6.92 Å². The van der Waals surface area contributed by atoms with E-state index in [2.05, 4.69) is 17.3 Å². The number of aromatic nitrogens is 2. The highest BCUT2D eigenvalue weighted by Crippen LogP contribution is 1.85. The summed E-state index contributed by atoms with van der Waals surface area (Å²) in [5.74, 6) is 0. The summed E-state index contributed by atoms with van der Waals surface area (Å²) < 4.78 is 6.92. The molecule has 0 aromatic carbocycles. The third-order valence-electron chi connectivity index (χ3n) is 1.81. The summed E-state index contributed by atoms with van der Waals surface area (Å²) in [4.78, 5) is 0. The van der Waals surface area contributed by atoms with Crippen LogP contribution in [-0.4, -0.2) is 36.1 Å². The lowest BCUT2D eigenvalue weighted by Gasteiger charge is -2.12. The van der Waals surface area contributed by atoms with Gasteiger partial charge in [-0.05, 0) is 13.0 Å². The molecule has 1 rings (SSSR count). The second kappa shape index (κ2) is 5.72. The Morgan fingerprint density at radius 3 is 3.08 bits per heavy atom. The Labute approximate surface area is 78.9 Å². The lowest BCUT2D eigenvalue weighted by Crippen LogP contribution is -2.32. The topological polar surface area (TPSA) is 39.1 Å². The van der Waals surface area contributed by atoms with E-state index in [1.54, 1.807) is 13.3 Å². The zero-order chi connectivity index (χ0) is 9.52. The molecule has 1 atom stereocenters. The van der Waals surface area contributed by atoms with E-state index >= 15 is 0 Å². The molecule has 0 aliphatic heterocycles. The molecule has 0 fully saturated rings. The fourth-order valence-electron chi connectivity index (χ4n) is 1.17. The molecule has 0 radical (unpaired) electrons. The molecule has 1 aromatic heterocycles. The molecule has 0 bridgehead atoms. The first kappa shape index (κ1) is 10.2. The maximum absolute atomic E-state index is 5.01. The Balaban J connectivity index is 2.07. The Kier molecular flexibility index (Phi) is 4.49. The molecule has 0 saturated heterocycles.